The fourth-order valence-corrected chi connectivity index (χ4v) is 3.57. The van der Waals surface area contributed by atoms with Gasteiger partial charge in [-0.2, -0.15) is 0 Å². The number of carbonyl (C=O) groups is 2. The molecule has 0 atom stereocenters. The van der Waals surface area contributed by atoms with E-state index >= 15 is 0 Å². The Labute approximate surface area is 201 Å². The summed E-state index contributed by atoms with van der Waals surface area (Å²) >= 11 is 0. The van der Waals surface area contributed by atoms with Gasteiger partial charge < -0.3 is 24.2 Å². The van der Waals surface area contributed by atoms with E-state index < -0.39 is 0 Å². The van der Waals surface area contributed by atoms with Gasteiger partial charge in [-0.15, -0.1) is 0 Å². The number of ether oxygens (including phenoxy) is 1. The molecule has 5 aromatic rings. The Hall–Kier alpha value is -4.78. The molecule has 0 aliphatic heterocycles. The molecule has 7 nitrogen and oxygen atoms in total. The van der Waals surface area contributed by atoms with Gasteiger partial charge in [-0.3, -0.25) is 9.59 Å². The topological polar surface area (TPSA) is 93.7 Å². The van der Waals surface area contributed by atoms with E-state index in [2.05, 4.69) is 10.6 Å². The molecule has 174 valence electrons. The SMILES string of the molecule is O=C(Nc1ccc(CNC(=O)c2ccc(COc3ccc4ccccc4c3)o2)cc1)c1ccco1. The number of fused-ring (bicyclic) bond motifs is 1. The molecule has 0 aliphatic rings. The van der Waals surface area contributed by atoms with E-state index in [1.807, 2.05) is 54.6 Å². The summed E-state index contributed by atoms with van der Waals surface area (Å²) in [5.41, 5.74) is 1.50. The maximum absolute atomic E-state index is 12.5. The summed E-state index contributed by atoms with van der Waals surface area (Å²) in [7, 11) is 0. The minimum Gasteiger partial charge on any atom is -0.486 e. The van der Waals surface area contributed by atoms with Crippen LogP contribution in [0.1, 0.15) is 32.4 Å². The van der Waals surface area contributed by atoms with Crippen molar-refractivity contribution in [1.82, 2.24) is 5.32 Å². The smallest absolute Gasteiger partial charge is 0.291 e. The van der Waals surface area contributed by atoms with Gasteiger partial charge in [0.1, 0.15) is 18.1 Å². The van der Waals surface area contributed by atoms with Gasteiger partial charge in [-0.25, -0.2) is 0 Å². The Kier molecular flexibility index (Phi) is 6.30. The molecule has 0 unspecified atom stereocenters. The number of nitrogens with one attached hydrogen (secondary N) is 2. The number of furan rings is 2. The number of carbonyl (C=O) groups excluding carboxylic acids is 2. The van der Waals surface area contributed by atoms with Crippen LogP contribution < -0.4 is 15.4 Å². The first-order valence-electron chi connectivity index (χ1n) is 11.1. The highest BCUT2D eigenvalue weighted by molar-refractivity contribution is 6.02. The Balaban J connectivity index is 1.11. The maximum Gasteiger partial charge on any atom is 0.291 e. The second-order valence-corrected chi connectivity index (χ2v) is 7.87. The fraction of sp³-hybridized carbons (Fsp3) is 0.0714. The van der Waals surface area contributed by atoms with Crippen LogP contribution in [0.5, 0.6) is 5.75 Å². The van der Waals surface area contributed by atoms with E-state index in [-0.39, 0.29) is 29.9 Å². The molecule has 0 radical (unpaired) electrons. The number of hydrogen-bond acceptors (Lipinski definition) is 5. The molecule has 0 saturated carbocycles. The lowest BCUT2D eigenvalue weighted by molar-refractivity contribution is 0.0918. The molecule has 2 amide bonds. The van der Waals surface area contributed by atoms with Crippen LogP contribution in [-0.2, 0) is 13.2 Å². The molecule has 3 aromatic carbocycles. The molecule has 5 rings (SSSR count). The van der Waals surface area contributed by atoms with Gasteiger partial charge in [0.05, 0.1) is 6.26 Å². The molecule has 2 N–H and O–H groups in total. The molecule has 2 aromatic heterocycles. The monoisotopic (exact) mass is 466 g/mol. The van der Waals surface area contributed by atoms with Crippen molar-refractivity contribution in [3.05, 3.63) is 120 Å². The molecule has 0 aliphatic carbocycles. The number of benzene rings is 3. The van der Waals surface area contributed by atoms with Gasteiger partial charge in [0.25, 0.3) is 11.8 Å². The van der Waals surface area contributed by atoms with Gasteiger partial charge >= 0.3 is 0 Å². The first-order chi connectivity index (χ1) is 17.1. The summed E-state index contributed by atoms with van der Waals surface area (Å²) in [5.74, 6) is 1.09. The zero-order valence-corrected chi connectivity index (χ0v) is 18.7. The normalized spacial score (nSPS) is 10.7. The third kappa shape index (κ3) is 5.42. The number of hydrogen-bond donors (Lipinski definition) is 2. The van der Waals surface area contributed by atoms with E-state index in [4.69, 9.17) is 13.6 Å². The Morgan fingerprint density at radius 1 is 0.771 bits per heavy atom. The van der Waals surface area contributed by atoms with Gasteiger partial charge in [0.2, 0.25) is 0 Å². The van der Waals surface area contributed by atoms with Crippen molar-refractivity contribution in [2.45, 2.75) is 13.2 Å². The molecule has 2 heterocycles. The van der Waals surface area contributed by atoms with Crippen molar-refractivity contribution >= 4 is 28.3 Å². The van der Waals surface area contributed by atoms with Crippen LogP contribution in [-0.4, -0.2) is 11.8 Å². The van der Waals surface area contributed by atoms with Crippen molar-refractivity contribution in [3.8, 4) is 5.75 Å². The summed E-state index contributed by atoms with van der Waals surface area (Å²) < 4.78 is 16.5. The summed E-state index contributed by atoms with van der Waals surface area (Å²) in [4.78, 5) is 24.5. The lowest BCUT2D eigenvalue weighted by atomic mass is 10.1. The molecule has 35 heavy (non-hydrogen) atoms. The molecular formula is C28H22N2O5. The van der Waals surface area contributed by atoms with Crippen LogP contribution in [0.15, 0.2) is 106 Å². The van der Waals surface area contributed by atoms with E-state index in [0.717, 1.165) is 22.1 Å². The van der Waals surface area contributed by atoms with Crippen molar-refractivity contribution in [3.63, 3.8) is 0 Å². The average Bonchev–Trinajstić information content (AvgIpc) is 3.60. The second kappa shape index (κ2) is 10.0. The summed E-state index contributed by atoms with van der Waals surface area (Å²) in [6.45, 7) is 0.533. The van der Waals surface area contributed by atoms with Gasteiger partial charge in [0.15, 0.2) is 11.5 Å². The minimum atomic E-state index is -0.325. The van der Waals surface area contributed by atoms with Crippen LogP contribution in [0.4, 0.5) is 5.69 Å². The summed E-state index contributed by atoms with van der Waals surface area (Å²) in [5, 5.41) is 7.82. The lowest BCUT2D eigenvalue weighted by Crippen LogP contribution is -2.22. The Morgan fingerprint density at radius 3 is 2.40 bits per heavy atom. The van der Waals surface area contributed by atoms with Crippen LogP contribution >= 0.6 is 0 Å². The van der Waals surface area contributed by atoms with Crippen molar-refractivity contribution in [2.75, 3.05) is 5.32 Å². The fourth-order valence-electron chi connectivity index (χ4n) is 3.57. The first-order valence-corrected chi connectivity index (χ1v) is 11.1. The average molecular weight is 466 g/mol. The molecular weight excluding hydrogens is 444 g/mol. The highest BCUT2D eigenvalue weighted by Gasteiger charge is 2.12. The molecule has 0 saturated heterocycles. The zero-order valence-electron chi connectivity index (χ0n) is 18.7. The third-order valence-corrected chi connectivity index (χ3v) is 5.40. The zero-order chi connectivity index (χ0) is 24.0. The van der Waals surface area contributed by atoms with E-state index in [9.17, 15) is 9.59 Å². The highest BCUT2D eigenvalue weighted by atomic mass is 16.5. The van der Waals surface area contributed by atoms with Crippen molar-refractivity contribution < 1.29 is 23.2 Å². The van der Waals surface area contributed by atoms with Crippen molar-refractivity contribution in [2.24, 2.45) is 0 Å². The minimum absolute atomic E-state index is 0.212. The summed E-state index contributed by atoms with van der Waals surface area (Å²) in [6, 6.07) is 27.7. The number of anilines is 1. The molecule has 7 heteroatoms. The standard InChI is InChI=1S/C28H22N2O5/c31-27(29-17-19-7-10-22(11-8-19)30-28(32)25-6-3-15-33-25)26-14-13-24(35-26)18-34-23-12-9-20-4-1-2-5-21(20)16-23/h1-16H,17-18H2,(H,29,31)(H,30,32). The number of rotatable bonds is 8. The van der Waals surface area contributed by atoms with Gasteiger partial charge in [-0.1, -0.05) is 42.5 Å². The molecule has 0 spiro atoms. The highest BCUT2D eigenvalue weighted by Crippen LogP contribution is 2.22. The lowest BCUT2D eigenvalue weighted by Gasteiger charge is -2.07. The first kappa shape index (κ1) is 22.0. The Bertz CT molecular complexity index is 1450. The largest absolute Gasteiger partial charge is 0.486 e. The maximum atomic E-state index is 12.5. The molecule has 0 bridgehead atoms. The van der Waals surface area contributed by atoms with E-state index in [1.54, 1.807) is 36.4 Å². The van der Waals surface area contributed by atoms with E-state index in [1.165, 1.54) is 6.26 Å². The van der Waals surface area contributed by atoms with Crippen LogP contribution in [0.2, 0.25) is 0 Å². The third-order valence-electron chi connectivity index (χ3n) is 5.40. The predicted octanol–water partition coefficient (Wildman–Crippen LogP) is 5.79. The summed E-state index contributed by atoms with van der Waals surface area (Å²) in [6.07, 6.45) is 1.45. The van der Waals surface area contributed by atoms with Crippen molar-refractivity contribution in [1.29, 1.82) is 0 Å². The quantitative estimate of drug-likeness (QED) is 0.302. The Morgan fingerprint density at radius 2 is 1.60 bits per heavy atom. The molecule has 0 fully saturated rings. The van der Waals surface area contributed by atoms with Gasteiger partial charge in [0, 0.05) is 12.2 Å². The van der Waals surface area contributed by atoms with Crippen LogP contribution in [0.3, 0.4) is 0 Å². The van der Waals surface area contributed by atoms with Crippen LogP contribution in [0, 0.1) is 0 Å². The van der Waals surface area contributed by atoms with E-state index in [0.29, 0.717) is 18.0 Å². The van der Waals surface area contributed by atoms with Crippen LogP contribution in [0.25, 0.3) is 10.8 Å². The predicted molar refractivity (Wildman–Crippen MR) is 131 cm³/mol. The van der Waals surface area contributed by atoms with Gasteiger partial charge in [-0.05, 0) is 64.9 Å². The number of amides is 2. The second-order valence-electron chi connectivity index (χ2n) is 7.87.